The van der Waals surface area contributed by atoms with Gasteiger partial charge in [-0.3, -0.25) is 9.78 Å². The van der Waals surface area contributed by atoms with Crippen LogP contribution < -0.4 is 11.2 Å². The zero-order valence-corrected chi connectivity index (χ0v) is 17.4. The summed E-state index contributed by atoms with van der Waals surface area (Å²) in [6, 6.07) is 0.406. The first-order valence-corrected chi connectivity index (χ1v) is 10.4. The maximum absolute atomic E-state index is 13.2. The summed E-state index contributed by atoms with van der Waals surface area (Å²) < 4.78 is 5.01. The number of carbonyl (C=O) groups is 2. The molecular weight excluding hydrogens is 400 g/mol. The van der Waals surface area contributed by atoms with Crippen molar-refractivity contribution >= 4 is 24.0 Å². The number of carbonyl (C=O) groups excluding carboxylic acids is 2. The van der Waals surface area contributed by atoms with Gasteiger partial charge in [0.15, 0.2) is 5.82 Å². The number of hydrogen-bond donors (Lipinski definition) is 2. The molecule has 1 atom stereocenters. The van der Waals surface area contributed by atoms with E-state index in [2.05, 4.69) is 30.6 Å². The zero-order chi connectivity index (χ0) is 21.8. The molecule has 11 nitrogen and oxygen atoms in total. The highest BCUT2D eigenvalue weighted by Crippen LogP contribution is 2.48. The number of aromatic nitrogens is 2. The monoisotopic (exact) mass is 426 g/mol. The van der Waals surface area contributed by atoms with E-state index in [0.29, 0.717) is 24.1 Å². The van der Waals surface area contributed by atoms with Gasteiger partial charge in [0.1, 0.15) is 12.9 Å². The third-order valence-corrected chi connectivity index (χ3v) is 6.27. The number of nitrogens with two attached hydrogens (primary N) is 1. The molecule has 164 valence electrons. The molecule has 1 aromatic heterocycles. The molecule has 0 radical (unpaired) electrons. The highest BCUT2D eigenvalue weighted by Gasteiger charge is 2.52. The molecule has 1 aromatic rings. The van der Waals surface area contributed by atoms with Gasteiger partial charge >= 0.3 is 5.97 Å². The smallest absolute Gasteiger partial charge is 0.333 e. The average molecular weight is 426 g/mol. The molecule has 3 aliphatic rings. The van der Waals surface area contributed by atoms with Gasteiger partial charge in [-0.2, -0.15) is 0 Å². The van der Waals surface area contributed by atoms with Crippen molar-refractivity contribution in [3.05, 3.63) is 29.9 Å². The van der Waals surface area contributed by atoms with Crippen LogP contribution in [0.3, 0.4) is 0 Å². The molecule has 1 unspecified atom stereocenters. The molecular formula is C20H26N8O3. The third-order valence-electron chi connectivity index (χ3n) is 6.27. The zero-order valence-electron chi connectivity index (χ0n) is 17.4. The van der Waals surface area contributed by atoms with E-state index in [4.69, 9.17) is 10.6 Å². The van der Waals surface area contributed by atoms with E-state index in [1.54, 1.807) is 17.3 Å². The predicted octanol–water partition coefficient (Wildman–Crippen LogP) is 1.54. The van der Waals surface area contributed by atoms with Gasteiger partial charge in [0.2, 0.25) is 5.91 Å². The summed E-state index contributed by atoms with van der Waals surface area (Å²) in [7, 11) is 0. The highest BCUT2D eigenvalue weighted by molar-refractivity contribution is 5.91. The standard InChI is InChI=1S/C20H26N8O3/c1-13-7-20(19(30)28(13)16-6-18(29)31-11-16)4-2-14(3-5-20)22-8-15-9-24-17(10-23-15)25-12-26-27-21/h6,9-10,12-14,22H,2-5,7-8,11H2,1H3,(H2,21,24,25,26). The van der Waals surface area contributed by atoms with Crippen molar-refractivity contribution in [3.63, 3.8) is 0 Å². The molecule has 1 aliphatic carbocycles. The van der Waals surface area contributed by atoms with Crippen LogP contribution in [0.15, 0.2) is 39.5 Å². The molecule has 2 fully saturated rings. The Bertz CT molecular complexity index is 919. The Kier molecular flexibility index (Phi) is 6.03. The first-order chi connectivity index (χ1) is 15.0. The van der Waals surface area contributed by atoms with Crippen LogP contribution in [0, 0.1) is 5.41 Å². The van der Waals surface area contributed by atoms with E-state index >= 15 is 0 Å². The number of aliphatic imine (C=N–C) groups is 1. The van der Waals surface area contributed by atoms with Gasteiger partial charge in [-0.1, -0.05) is 5.22 Å². The van der Waals surface area contributed by atoms with E-state index in [-0.39, 0.29) is 29.9 Å². The molecule has 1 saturated heterocycles. The van der Waals surface area contributed by atoms with Crippen molar-refractivity contribution in [2.45, 2.75) is 57.7 Å². The lowest BCUT2D eigenvalue weighted by Gasteiger charge is -2.36. The summed E-state index contributed by atoms with van der Waals surface area (Å²) in [6.07, 6.45) is 10.2. The maximum Gasteiger partial charge on any atom is 0.333 e. The van der Waals surface area contributed by atoms with Crippen molar-refractivity contribution in [3.8, 4) is 0 Å². The Balaban J connectivity index is 1.29. The van der Waals surface area contributed by atoms with Crippen molar-refractivity contribution < 1.29 is 14.3 Å². The Hall–Kier alpha value is -3.21. The van der Waals surface area contributed by atoms with Gasteiger partial charge in [0.05, 0.1) is 29.2 Å². The summed E-state index contributed by atoms with van der Waals surface area (Å²) in [6.45, 7) is 2.84. The van der Waals surface area contributed by atoms with Crippen LogP contribution in [0.4, 0.5) is 5.82 Å². The van der Waals surface area contributed by atoms with Gasteiger partial charge in [0, 0.05) is 24.7 Å². The first-order valence-electron chi connectivity index (χ1n) is 10.4. The van der Waals surface area contributed by atoms with Crippen molar-refractivity contribution in [1.82, 2.24) is 20.2 Å². The Morgan fingerprint density at radius 2 is 2.13 bits per heavy atom. The lowest BCUT2D eigenvalue weighted by atomic mass is 9.70. The van der Waals surface area contributed by atoms with E-state index in [1.807, 2.05) is 6.92 Å². The van der Waals surface area contributed by atoms with E-state index in [0.717, 1.165) is 37.8 Å². The summed E-state index contributed by atoms with van der Waals surface area (Å²) in [5.74, 6) is 5.10. The van der Waals surface area contributed by atoms with Crippen LogP contribution in [0.25, 0.3) is 0 Å². The number of hydrogen-bond acceptors (Lipinski definition) is 8. The van der Waals surface area contributed by atoms with Crippen LogP contribution in [0.1, 0.15) is 44.7 Å². The van der Waals surface area contributed by atoms with Gasteiger partial charge in [0.25, 0.3) is 0 Å². The first kappa shape index (κ1) is 21.0. The van der Waals surface area contributed by atoms with Crippen LogP contribution in [-0.2, 0) is 20.9 Å². The maximum atomic E-state index is 13.2. The minimum absolute atomic E-state index is 0.0838. The van der Waals surface area contributed by atoms with Gasteiger partial charge in [-0.05, 0) is 39.0 Å². The number of nitrogens with zero attached hydrogens (tertiary/aromatic N) is 6. The van der Waals surface area contributed by atoms with Crippen LogP contribution in [-0.4, -0.2) is 51.8 Å². The average Bonchev–Trinajstić information content (AvgIpc) is 3.29. The SMILES string of the molecule is CC1CC2(CCC(NCc3cnc(N=CN=NN)cn3)CC2)C(=O)N1C1=CC(=O)OC1. The fourth-order valence-corrected chi connectivity index (χ4v) is 4.78. The molecule has 0 aromatic carbocycles. The molecule has 1 saturated carbocycles. The molecule has 0 bridgehead atoms. The van der Waals surface area contributed by atoms with Crippen molar-refractivity contribution in [2.24, 2.45) is 26.6 Å². The van der Waals surface area contributed by atoms with Crippen LogP contribution in [0.2, 0.25) is 0 Å². The fourth-order valence-electron chi connectivity index (χ4n) is 4.78. The molecule has 3 N–H and O–H groups in total. The second-order valence-electron chi connectivity index (χ2n) is 8.25. The van der Waals surface area contributed by atoms with Crippen molar-refractivity contribution in [2.75, 3.05) is 6.61 Å². The number of rotatable bonds is 6. The fraction of sp³-hybridized carbons (Fsp3) is 0.550. The second kappa shape index (κ2) is 8.88. The van der Waals surface area contributed by atoms with E-state index in [1.165, 1.54) is 12.4 Å². The predicted molar refractivity (Wildman–Crippen MR) is 111 cm³/mol. The number of cyclic esters (lactones) is 1. The van der Waals surface area contributed by atoms with Crippen LogP contribution >= 0.6 is 0 Å². The number of likely N-dealkylation sites (tertiary alicyclic amines) is 1. The molecule has 31 heavy (non-hydrogen) atoms. The topological polar surface area (TPSA) is 148 Å². The summed E-state index contributed by atoms with van der Waals surface area (Å²) in [5.41, 5.74) is 1.18. The number of esters is 1. The largest absolute Gasteiger partial charge is 0.456 e. The normalized spacial score (nSPS) is 28.8. The Labute approximate surface area is 179 Å². The number of amides is 1. The number of ether oxygens (including phenoxy) is 1. The molecule has 1 spiro atoms. The molecule has 4 rings (SSSR count). The minimum Gasteiger partial charge on any atom is -0.456 e. The third kappa shape index (κ3) is 4.46. The van der Waals surface area contributed by atoms with Crippen molar-refractivity contribution in [1.29, 1.82) is 0 Å². The van der Waals surface area contributed by atoms with E-state index in [9.17, 15) is 9.59 Å². The van der Waals surface area contributed by atoms with Gasteiger partial charge in [-0.25, -0.2) is 14.8 Å². The summed E-state index contributed by atoms with van der Waals surface area (Å²) >= 11 is 0. The van der Waals surface area contributed by atoms with Crippen LogP contribution in [0.5, 0.6) is 0 Å². The summed E-state index contributed by atoms with van der Waals surface area (Å²) in [5, 5.41) is 10.0. The Morgan fingerprint density at radius 1 is 1.32 bits per heavy atom. The molecule has 3 heterocycles. The molecule has 11 heteroatoms. The van der Waals surface area contributed by atoms with Gasteiger partial charge in [-0.15, -0.1) is 5.11 Å². The van der Waals surface area contributed by atoms with Gasteiger partial charge < -0.3 is 20.8 Å². The highest BCUT2D eigenvalue weighted by atomic mass is 16.5. The van der Waals surface area contributed by atoms with E-state index < -0.39 is 0 Å². The lowest BCUT2D eigenvalue weighted by Crippen LogP contribution is -2.42. The molecule has 1 amide bonds. The Morgan fingerprint density at radius 3 is 2.77 bits per heavy atom. The minimum atomic E-state index is -0.368. The number of nitrogens with one attached hydrogen (secondary N) is 1. The quantitative estimate of drug-likeness (QED) is 0.175. The second-order valence-corrected chi connectivity index (χ2v) is 8.25. The lowest BCUT2D eigenvalue weighted by molar-refractivity contribution is -0.138. The summed E-state index contributed by atoms with van der Waals surface area (Å²) in [4.78, 5) is 39.0. The molecule has 2 aliphatic heterocycles.